The van der Waals surface area contributed by atoms with Crippen LogP contribution in [0.2, 0.25) is 16.6 Å². The largest absolute Gasteiger partial charge is 0.540 e. The fourth-order valence-corrected chi connectivity index (χ4v) is 9.85. The topological polar surface area (TPSA) is 47.6 Å². The van der Waals surface area contributed by atoms with E-state index in [1.54, 1.807) is 7.11 Å². The van der Waals surface area contributed by atoms with Crippen molar-refractivity contribution in [2.24, 2.45) is 0 Å². The summed E-state index contributed by atoms with van der Waals surface area (Å²) in [4.78, 5) is 13.0. The highest BCUT2D eigenvalue weighted by Crippen LogP contribution is 2.45. The normalized spacial score (nSPS) is 11.9. The number of carbonyl (C=O) groups is 1. The smallest absolute Gasteiger partial charge is 0.265 e. The summed E-state index contributed by atoms with van der Waals surface area (Å²) in [7, 11) is -0.439. The van der Waals surface area contributed by atoms with E-state index >= 15 is 0 Å². The summed E-state index contributed by atoms with van der Waals surface area (Å²) in [6.45, 7) is 13.5. The molecular weight excluding hydrogens is 374 g/mol. The van der Waals surface area contributed by atoms with E-state index in [9.17, 15) is 4.79 Å². The van der Waals surface area contributed by atoms with Crippen LogP contribution in [0, 0.1) is 0 Å². The third kappa shape index (κ3) is 4.55. The minimum atomic E-state index is -2.07. The fraction of sp³-hybridized carbons (Fsp3) is 0.476. The second-order valence-electron chi connectivity index (χ2n) is 7.72. The maximum absolute atomic E-state index is 12.3. The van der Waals surface area contributed by atoms with Crippen molar-refractivity contribution in [2.45, 2.75) is 58.2 Å². The summed E-state index contributed by atoms with van der Waals surface area (Å²) < 4.78 is 12.3. The fourth-order valence-electron chi connectivity index (χ4n) is 3.97. The van der Waals surface area contributed by atoms with Gasteiger partial charge >= 0.3 is 0 Å². The maximum atomic E-state index is 12.3. The summed E-state index contributed by atoms with van der Waals surface area (Å²) in [5.74, 6) is 1.29. The van der Waals surface area contributed by atoms with E-state index in [0.717, 1.165) is 5.75 Å². The van der Waals surface area contributed by atoms with Crippen molar-refractivity contribution < 1.29 is 14.0 Å². The molecule has 0 spiro atoms. The number of nitrogens with one attached hydrogen (secondary N) is 1. The lowest BCUT2D eigenvalue weighted by Gasteiger charge is -2.42. The molecule has 0 aliphatic rings. The van der Waals surface area contributed by atoms with Gasteiger partial charge < -0.3 is 14.5 Å². The molecule has 0 fully saturated rings. The van der Waals surface area contributed by atoms with Crippen LogP contribution in [0.25, 0.3) is 0 Å². The Hall–Kier alpha value is -1.79. The van der Waals surface area contributed by atoms with Gasteiger partial charge in [0.05, 0.1) is 12.0 Å². The first-order chi connectivity index (χ1) is 12.7. The predicted octanol–water partition coefficient (Wildman–Crippen LogP) is 6.56. The van der Waals surface area contributed by atoms with Crippen LogP contribution in [0.15, 0.2) is 35.7 Å². The minimum absolute atomic E-state index is 0.115. The Balaban J connectivity index is 2.31. The molecule has 1 heterocycles. The van der Waals surface area contributed by atoms with Crippen molar-refractivity contribution in [3.8, 4) is 11.5 Å². The Morgan fingerprint density at radius 2 is 1.63 bits per heavy atom. The van der Waals surface area contributed by atoms with Crippen molar-refractivity contribution in [2.75, 3.05) is 12.4 Å². The molecule has 148 valence electrons. The third-order valence-electron chi connectivity index (χ3n) is 5.16. The van der Waals surface area contributed by atoms with Gasteiger partial charge in [-0.3, -0.25) is 4.79 Å². The predicted molar refractivity (Wildman–Crippen MR) is 117 cm³/mol. The van der Waals surface area contributed by atoms with Gasteiger partial charge in [-0.05, 0) is 40.2 Å². The van der Waals surface area contributed by atoms with Crippen LogP contribution in [0.1, 0.15) is 51.2 Å². The lowest BCUT2D eigenvalue weighted by Crippen LogP contribution is -2.50. The molecule has 27 heavy (non-hydrogen) atoms. The number of ether oxygens (including phenoxy) is 1. The molecule has 1 aromatic carbocycles. The number of rotatable bonds is 8. The second-order valence-corrected chi connectivity index (χ2v) is 14.0. The highest BCUT2D eigenvalue weighted by Gasteiger charge is 2.47. The van der Waals surface area contributed by atoms with Gasteiger partial charge in [0, 0.05) is 11.8 Å². The maximum Gasteiger partial charge on any atom is 0.265 e. The van der Waals surface area contributed by atoms with Crippen LogP contribution in [-0.2, 0) is 0 Å². The van der Waals surface area contributed by atoms with Gasteiger partial charge in [0.25, 0.3) is 14.2 Å². The summed E-state index contributed by atoms with van der Waals surface area (Å²) in [5, 5.41) is 4.81. The minimum Gasteiger partial charge on any atom is -0.540 e. The summed E-state index contributed by atoms with van der Waals surface area (Å²) in [6, 6.07) is 9.30. The Morgan fingerprint density at radius 1 is 1.00 bits per heavy atom. The SMILES string of the molecule is COc1cc(NC(=O)c2cccs2)ccc1O[Si](C(C)C)(C(C)C)C(C)C. The molecule has 1 amide bonds. The molecule has 1 N–H and O–H groups in total. The quantitative estimate of drug-likeness (QED) is 0.506. The second kappa shape index (κ2) is 8.93. The van der Waals surface area contributed by atoms with Gasteiger partial charge in [-0.25, -0.2) is 0 Å². The Bertz CT molecular complexity index is 735. The molecule has 0 radical (unpaired) electrons. The van der Waals surface area contributed by atoms with Crippen molar-refractivity contribution in [1.29, 1.82) is 0 Å². The average molecular weight is 406 g/mol. The lowest BCUT2D eigenvalue weighted by atomic mass is 10.2. The van der Waals surface area contributed by atoms with Gasteiger partial charge in [-0.1, -0.05) is 47.6 Å². The molecule has 2 rings (SSSR count). The number of amides is 1. The summed E-state index contributed by atoms with van der Waals surface area (Å²) in [6.07, 6.45) is 0. The van der Waals surface area contributed by atoms with Crippen LogP contribution >= 0.6 is 11.3 Å². The van der Waals surface area contributed by atoms with E-state index in [1.807, 2.05) is 35.7 Å². The zero-order valence-electron chi connectivity index (χ0n) is 17.3. The third-order valence-corrected chi connectivity index (χ3v) is 12.0. The molecule has 0 unspecified atom stereocenters. The van der Waals surface area contributed by atoms with E-state index in [1.165, 1.54) is 11.3 Å². The number of hydrogen-bond donors (Lipinski definition) is 1. The van der Waals surface area contributed by atoms with Crippen molar-refractivity contribution >= 4 is 31.2 Å². The molecule has 6 heteroatoms. The number of thiophene rings is 1. The first-order valence-electron chi connectivity index (χ1n) is 9.44. The van der Waals surface area contributed by atoms with Crippen molar-refractivity contribution in [3.05, 3.63) is 40.6 Å². The number of hydrogen-bond acceptors (Lipinski definition) is 4. The molecule has 0 saturated heterocycles. The van der Waals surface area contributed by atoms with E-state index in [2.05, 4.69) is 46.9 Å². The van der Waals surface area contributed by atoms with Gasteiger partial charge in [0.1, 0.15) is 5.75 Å². The summed E-state index contributed by atoms with van der Waals surface area (Å²) >= 11 is 1.42. The van der Waals surface area contributed by atoms with Gasteiger partial charge in [-0.15, -0.1) is 11.3 Å². The molecule has 0 atom stereocenters. The van der Waals surface area contributed by atoms with E-state index in [0.29, 0.717) is 32.9 Å². The molecule has 2 aromatic rings. The molecule has 0 bridgehead atoms. The van der Waals surface area contributed by atoms with Crippen LogP contribution in [0.3, 0.4) is 0 Å². The molecule has 0 aliphatic heterocycles. The van der Waals surface area contributed by atoms with Crippen molar-refractivity contribution in [1.82, 2.24) is 0 Å². The molecular formula is C21H31NO3SSi. The monoisotopic (exact) mass is 405 g/mol. The standard InChI is InChI=1S/C21H31NO3SSi/c1-14(2)27(15(3)4,16(5)6)25-18-11-10-17(13-19(18)24-7)22-21(23)20-9-8-12-26-20/h8-16H,1-7H3,(H,22,23). The van der Waals surface area contributed by atoms with Crippen LogP contribution in [0.4, 0.5) is 5.69 Å². The summed E-state index contributed by atoms with van der Waals surface area (Å²) in [5.41, 5.74) is 2.12. The number of anilines is 1. The molecule has 4 nitrogen and oxygen atoms in total. The van der Waals surface area contributed by atoms with Crippen LogP contribution in [-0.4, -0.2) is 21.3 Å². The van der Waals surface area contributed by atoms with Crippen LogP contribution in [0.5, 0.6) is 11.5 Å². The lowest BCUT2D eigenvalue weighted by molar-refractivity contribution is 0.103. The first-order valence-corrected chi connectivity index (χ1v) is 12.5. The zero-order chi connectivity index (χ0) is 20.2. The van der Waals surface area contributed by atoms with Crippen LogP contribution < -0.4 is 14.5 Å². The number of benzene rings is 1. The Kier molecular flexibility index (Phi) is 7.11. The molecule has 0 aliphatic carbocycles. The first kappa shape index (κ1) is 21.5. The highest BCUT2D eigenvalue weighted by atomic mass is 32.1. The Morgan fingerprint density at radius 3 is 2.11 bits per heavy atom. The van der Waals surface area contributed by atoms with Gasteiger partial charge in [-0.2, -0.15) is 0 Å². The van der Waals surface area contributed by atoms with E-state index in [4.69, 9.17) is 9.16 Å². The number of carbonyl (C=O) groups excluding carboxylic acids is 1. The van der Waals surface area contributed by atoms with Gasteiger partial charge in [0.15, 0.2) is 5.75 Å². The average Bonchev–Trinajstić information content (AvgIpc) is 3.14. The number of methoxy groups -OCH3 is 1. The van der Waals surface area contributed by atoms with Crippen molar-refractivity contribution in [3.63, 3.8) is 0 Å². The van der Waals surface area contributed by atoms with Gasteiger partial charge in [0.2, 0.25) is 0 Å². The van der Waals surface area contributed by atoms with E-state index < -0.39 is 8.32 Å². The molecule has 1 aromatic heterocycles. The molecule has 0 saturated carbocycles. The zero-order valence-corrected chi connectivity index (χ0v) is 19.1. The highest BCUT2D eigenvalue weighted by molar-refractivity contribution is 7.12. The Labute approximate surface area is 168 Å². The van der Waals surface area contributed by atoms with E-state index in [-0.39, 0.29) is 5.91 Å².